The van der Waals surface area contributed by atoms with Crippen LogP contribution in [-0.2, 0) is 13.0 Å². The zero-order valence-electron chi connectivity index (χ0n) is 18.5. The molecule has 8 heteroatoms. The quantitative estimate of drug-likeness (QED) is 0.435. The number of imidazole rings is 1. The van der Waals surface area contributed by atoms with Crippen molar-refractivity contribution in [3.8, 4) is 22.5 Å². The normalized spacial score (nSPS) is 15.9. The fourth-order valence-corrected chi connectivity index (χ4v) is 4.52. The summed E-state index contributed by atoms with van der Waals surface area (Å²) in [7, 11) is 0. The van der Waals surface area contributed by atoms with E-state index in [-0.39, 0.29) is 5.78 Å². The lowest BCUT2D eigenvalue weighted by molar-refractivity contribution is 0.0973. The Hall–Kier alpha value is -3.65. The van der Waals surface area contributed by atoms with Gasteiger partial charge in [-0.05, 0) is 41.2 Å². The first kappa shape index (κ1) is 21.2. The summed E-state index contributed by atoms with van der Waals surface area (Å²) in [5.41, 5.74) is 5.17. The summed E-state index contributed by atoms with van der Waals surface area (Å²) in [6.07, 6.45) is 2.73. The molecule has 1 unspecified atom stereocenters. The fraction of sp³-hybridized carbons (Fsp3) is 0.320. The van der Waals surface area contributed by atoms with Crippen LogP contribution < -0.4 is 0 Å². The van der Waals surface area contributed by atoms with Crippen LogP contribution in [0, 0.1) is 0 Å². The predicted octanol–water partition coefficient (Wildman–Crippen LogP) is 4.13. The molecule has 168 valence electrons. The minimum Gasteiger partial charge on any atom is -0.387 e. The predicted molar refractivity (Wildman–Crippen MR) is 124 cm³/mol. The number of fused-ring (bicyclic) bond motifs is 1. The Balaban J connectivity index is 1.48. The minimum absolute atomic E-state index is 0.0714. The van der Waals surface area contributed by atoms with Gasteiger partial charge in [-0.25, -0.2) is 4.98 Å². The number of ketones is 1. The van der Waals surface area contributed by atoms with Crippen molar-refractivity contribution in [3.63, 3.8) is 0 Å². The van der Waals surface area contributed by atoms with E-state index in [1.54, 1.807) is 0 Å². The van der Waals surface area contributed by atoms with Crippen LogP contribution in [-0.4, -0.2) is 41.1 Å². The van der Waals surface area contributed by atoms with Crippen LogP contribution in [0.3, 0.4) is 0 Å². The SMILES string of the molecule is CCCc1nc2c(n1Cc1ccc(-c3ccccc3-c3nn[nH]n3)cc1)C(=O)CCCC2O. The Kier molecular flexibility index (Phi) is 5.83. The molecule has 2 aromatic carbocycles. The van der Waals surface area contributed by atoms with Crippen LogP contribution in [0.1, 0.15) is 66.3 Å². The van der Waals surface area contributed by atoms with Crippen molar-refractivity contribution < 1.29 is 9.90 Å². The molecule has 0 bridgehead atoms. The lowest BCUT2D eigenvalue weighted by atomic mass is 9.98. The third-order valence-corrected chi connectivity index (χ3v) is 6.13. The molecule has 0 aliphatic heterocycles. The molecule has 0 saturated heterocycles. The molecule has 5 rings (SSSR count). The number of hydrogen-bond acceptors (Lipinski definition) is 6. The maximum Gasteiger partial charge on any atom is 0.205 e. The highest BCUT2D eigenvalue weighted by atomic mass is 16.3. The molecule has 4 aromatic rings. The van der Waals surface area contributed by atoms with Crippen LogP contribution in [0.15, 0.2) is 48.5 Å². The number of rotatable bonds is 6. The number of Topliss-reactive ketones (excluding diaryl/α,β-unsaturated/α-hetero) is 1. The first-order valence-electron chi connectivity index (χ1n) is 11.4. The monoisotopic (exact) mass is 442 g/mol. The smallest absolute Gasteiger partial charge is 0.205 e. The number of aryl methyl sites for hydroxylation is 1. The van der Waals surface area contributed by atoms with Crippen molar-refractivity contribution >= 4 is 5.78 Å². The van der Waals surface area contributed by atoms with Crippen LogP contribution in [0.25, 0.3) is 22.5 Å². The second-order valence-corrected chi connectivity index (χ2v) is 8.41. The molecular weight excluding hydrogens is 416 g/mol. The summed E-state index contributed by atoms with van der Waals surface area (Å²) in [5.74, 6) is 1.49. The highest BCUT2D eigenvalue weighted by Gasteiger charge is 2.29. The van der Waals surface area contributed by atoms with Gasteiger partial charge in [0.2, 0.25) is 5.82 Å². The molecule has 1 atom stereocenters. The molecule has 1 aliphatic carbocycles. The Morgan fingerprint density at radius 2 is 1.91 bits per heavy atom. The third kappa shape index (κ3) is 4.09. The van der Waals surface area contributed by atoms with Gasteiger partial charge in [-0.3, -0.25) is 4.79 Å². The minimum atomic E-state index is -0.674. The topological polar surface area (TPSA) is 110 Å². The number of nitrogens with zero attached hydrogens (tertiary/aromatic N) is 5. The zero-order valence-corrected chi connectivity index (χ0v) is 18.5. The maximum atomic E-state index is 12.9. The van der Waals surface area contributed by atoms with E-state index < -0.39 is 6.10 Å². The molecule has 0 fully saturated rings. The van der Waals surface area contributed by atoms with Gasteiger partial charge in [-0.2, -0.15) is 5.21 Å². The van der Waals surface area contributed by atoms with Crippen LogP contribution in [0.2, 0.25) is 0 Å². The van der Waals surface area contributed by atoms with E-state index in [2.05, 4.69) is 51.8 Å². The number of tetrazole rings is 1. The Labute approximate surface area is 191 Å². The number of aromatic nitrogens is 6. The second-order valence-electron chi connectivity index (χ2n) is 8.41. The Bertz CT molecular complexity index is 1260. The fourth-order valence-electron chi connectivity index (χ4n) is 4.52. The highest BCUT2D eigenvalue weighted by Crippen LogP contribution is 2.32. The van der Waals surface area contributed by atoms with E-state index in [1.165, 1.54) is 0 Å². The van der Waals surface area contributed by atoms with Crippen LogP contribution in [0.5, 0.6) is 0 Å². The first-order chi connectivity index (χ1) is 16.2. The number of carbonyl (C=O) groups excluding carboxylic acids is 1. The summed E-state index contributed by atoms with van der Waals surface area (Å²) in [6.45, 7) is 2.64. The van der Waals surface area contributed by atoms with Crippen molar-refractivity contribution in [2.45, 2.75) is 51.7 Å². The number of aliphatic hydroxyl groups is 1. The van der Waals surface area contributed by atoms with E-state index in [1.807, 2.05) is 28.8 Å². The largest absolute Gasteiger partial charge is 0.387 e. The van der Waals surface area contributed by atoms with Gasteiger partial charge in [-0.15, -0.1) is 10.2 Å². The number of aliphatic hydroxyl groups excluding tert-OH is 1. The molecule has 33 heavy (non-hydrogen) atoms. The summed E-state index contributed by atoms with van der Waals surface area (Å²) >= 11 is 0. The van der Waals surface area contributed by atoms with Gasteiger partial charge < -0.3 is 9.67 Å². The number of H-pyrrole nitrogens is 1. The number of nitrogens with one attached hydrogen (secondary N) is 1. The van der Waals surface area contributed by atoms with Gasteiger partial charge in [0.05, 0.1) is 11.8 Å². The molecule has 2 N–H and O–H groups in total. The van der Waals surface area contributed by atoms with Crippen molar-refractivity contribution in [1.82, 2.24) is 30.2 Å². The van der Waals surface area contributed by atoms with Crippen molar-refractivity contribution in [2.75, 3.05) is 0 Å². The molecule has 1 aliphatic rings. The second kappa shape index (κ2) is 9.07. The lowest BCUT2D eigenvalue weighted by Gasteiger charge is -2.13. The van der Waals surface area contributed by atoms with Crippen molar-refractivity contribution in [1.29, 1.82) is 0 Å². The maximum absolute atomic E-state index is 12.9. The van der Waals surface area contributed by atoms with Gasteiger partial charge in [-0.1, -0.05) is 55.5 Å². The van der Waals surface area contributed by atoms with Crippen molar-refractivity contribution in [2.24, 2.45) is 0 Å². The Morgan fingerprint density at radius 1 is 1.12 bits per heavy atom. The molecule has 2 aromatic heterocycles. The first-order valence-corrected chi connectivity index (χ1v) is 11.4. The van der Waals surface area contributed by atoms with E-state index in [4.69, 9.17) is 4.98 Å². The van der Waals surface area contributed by atoms with Crippen LogP contribution in [0.4, 0.5) is 0 Å². The average Bonchev–Trinajstić information content (AvgIpc) is 3.46. The highest BCUT2D eigenvalue weighted by molar-refractivity contribution is 5.96. The summed E-state index contributed by atoms with van der Waals surface area (Å²) in [5, 5.41) is 25.0. The molecule has 0 spiro atoms. The van der Waals surface area contributed by atoms with E-state index >= 15 is 0 Å². The van der Waals surface area contributed by atoms with Gasteiger partial charge in [0.15, 0.2) is 5.78 Å². The van der Waals surface area contributed by atoms with Crippen LogP contribution >= 0.6 is 0 Å². The summed E-state index contributed by atoms with van der Waals surface area (Å²) in [6, 6.07) is 16.2. The Morgan fingerprint density at radius 3 is 2.64 bits per heavy atom. The lowest BCUT2D eigenvalue weighted by Crippen LogP contribution is -2.13. The third-order valence-electron chi connectivity index (χ3n) is 6.13. The van der Waals surface area contributed by atoms with Gasteiger partial charge >= 0.3 is 0 Å². The molecule has 0 amide bonds. The number of benzene rings is 2. The van der Waals surface area contributed by atoms with E-state index in [0.717, 1.165) is 40.9 Å². The summed E-state index contributed by atoms with van der Waals surface area (Å²) < 4.78 is 2.01. The molecule has 0 radical (unpaired) electrons. The van der Waals surface area contributed by atoms with Crippen molar-refractivity contribution in [3.05, 3.63) is 71.3 Å². The van der Waals surface area contributed by atoms with E-state index in [9.17, 15) is 9.90 Å². The zero-order chi connectivity index (χ0) is 22.8. The average molecular weight is 443 g/mol. The standard InChI is InChI=1S/C25H26N6O2/c1-2-6-22-26-23-20(32)9-5-10-21(33)24(23)31(22)15-16-11-13-17(14-12-16)18-7-3-4-8-19(18)25-27-29-30-28-25/h3-4,7-8,11-14,20,32H,2,5-6,9-10,15H2,1H3,(H,27,28,29,30). The molecular formula is C25H26N6O2. The van der Waals surface area contributed by atoms with Gasteiger partial charge in [0, 0.05) is 24.9 Å². The number of hydrogen-bond donors (Lipinski definition) is 2. The molecule has 8 nitrogen and oxygen atoms in total. The van der Waals surface area contributed by atoms with Gasteiger partial charge in [0.1, 0.15) is 11.5 Å². The number of aromatic amines is 1. The molecule has 0 saturated carbocycles. The molecule has 2 heterocycles. The van der Waals surface area contributed by atoms with E-state index in [0.29, 0.717) is 43.0 Å². The van der Waals surface area contributed by atoms with Gasteiger partial charge in [0.25, 0.3) is 0 Å². The number of carbonyl (C=O) groups is 1. The summed E-state index contributed by atoms with van der Waals surface area (Å²) in [4.78, 5) is 17.6.